The molecule has 3 amide bonds. The molecule has 4 fully saturated rings. The molecule has 4 aliphatic carbocycles. The molecule has 31 heavy (non-hydrogen) atoms. The highest BCUT2D eigenvalue weighted by Crippen LogP contribution is 2.55. The summed E-state index contributed by atoms with van der Waals surface area (Å²) in [5.74, 6) is 0.780. The number of rotatable bonds is 4. The van der Waals surface area contributed by atoms with Gasteiger partial charge in [0.25, 0.3) is 5.91 Å². The predicted molar refractivity (Wildman–Crippen MR) is 115 cm³/mol. The van der Waals surface area contributed by atoms with Crippen LogP contribution in [0.4, 0.5) is 4.79 Å². The first kappa shape index (κ1) is 20.2. The lowest BCUT2D eigenvalue weighted by Gasteiger charge is -2.56. The number of ether oxygens (including phenoxy) is 1. The van der Waals surface area contributed by atoms with Crippen molar-refractivity contribution in [2.75, 3.05) is 6.61 Å². The molecule has 2 N–H and O–H groups in total. The summed E-state index contributed by atoms with van der Waals surface area (Å²) in [6, 6.07) is 7.73. The number of benzene rings is 1. The van der Waals surface area contributed by atoms with Crippen LogP contribution >= 0.6 is 11.6 Å². The molecule has 1 aromatic carbocycles. The molecule has 1 heterocycles. The van der Waals surface area contributed by atoms with Gasteiger partial charge >= 0.3 is 12.0 Å². The molecule has 4 bridgehead atoms. The molecule has 162 valence electrons. The van der Waals surface area contributed by atoms with Gasteiger partial charge in [0.2, 0.25) is 0 Å². The lowest BCUT2D eigenvalue weighted by Crippen LogP contribution is -2.62. The Balaban J connectivity index is 1.13. The number of urea groups is 1. The molecule has 4 aliphatic rings. The van der Waals surface area contributed by atoms with E-state index in [2.05, 4.69) is 15.6 Å². The summed E-state index contributed by atoms with van der Waals surface area (Å²) in [5, 5.41) is 6.48. The van der Waals surface area contributed by atoms with Crippen molar-refractivity contribution in [2.24, 2.45) is 17.8 Å². The van der Waals surface area contributed by atoms with E-state index in [9.17, 15) is 14.4 Å². The third-order valence-electron chi connectivity index (χ3n) is 6.90. The number of pyridine rings is 1. The maximum Gasteiger partial charge on any atom is 0.338 e. The minimum atomic E-state index is -0.648. The van der Waals surface area contributed by atoms with Gasteiger partial charge in [0.05, 0.1) is 11.1 Å². The van der Waals surface area contributed by atoms with Crippen LogP contribution in [0.1, 0.15) is 48.9 Å². The molecule has 7 nitrogen and oxygen atoms in total. The molecular weight excluding hydrogens is 418 g/mol. The third kappa shape index (κ3) is 4.24. The van der Waals surface area contributed by atoms with Crippen molar-refractivity contribution in [1.29, 1.82) is 0 Å². The predicted octanol–water partition coefficient (Wildman–Crippen LogP) is 3.84. The monoisotopic (exact) mass is 441 g/mol. The zero-order valence-corrected chi connectivity index (χ0v) is 17.8. The molecular formula is C23H24ClN3O4. The number of hydrogen-bond donors (Lipinski definition) is 2. The second-order valence-electron chi connectivity index (χ2n) is 9.32. The van der Waals surface area contributed by atoms with Gasteiger partial charge in [-0.05, 0) is 86.6 Å². The number of carbonyl (C=O) groups excluding carboxylic acids is 3. The Kier molecular flexibility index (Phi) is 5.08. The van der Waals surface area contributed by atoms with Crippen LogP contribution in [0.25, 0.3) is 10.9 Å². The molecule has 4 saturated carbocycles. The normalized spacial score (nSPS) is 28.4. The zero-order valence-electron chi connectivity index (χ0n) is 17.0. The Morgan fingerprint density at radius 1 is 1.03 bits per heavy atom. The van der Waals surface area contributed by atoms with Crippen molar-refractivity contribution in [2.45, 2.75) is 44.1 Å². The highest BCUT2D eigenvalue weighted by molar-refractivity contribution is 6.29. The number of hydrogen-bond acceptors (Lipinski definition) is 5. The number of fused-ring (bicyclic) bond motifs is 1. The summed E-state index contributed by atoms with van der Waals surface area (Å²) >= 11 is 5.87. The van der Waals surface area contributed by atoms with E-state index in [1.165, 1.54) is 19.3 Å². The average molecular weight is 442 g/mol. The van der Waals surface area contributed by atoms with E-state index in [-0.39, 0.29) is 5.54 Å². The van der Waals surface area contributed by atoms with Gasteiger partial charge < -0.3 is 10.1 Å². The molecule has 1 aromatic heterocycles. The van der Waals surface area contributed by atoms with Crippen LogP contribution in [0.15, 0.2) is 30.3 Å². The number of nitrogens with zero attached hydrogens (tertiary/aromatic N) is 1. The quantitative estimate of drug-likeness (QED) is 0.555. The van der Waals surface area contributed by atoms with Crippen molar-refractivity contribution in [3.8, 4) is 0 Å². The number of amides is 3. The molecule has 0 radical (unpaired) electrons. The summed E-state index contributed by atoms with van der Waals surface area (Å²) in [6.45, 7) is -0.524. The Morgan fingerprint density at radius 2 is 1.71 bits per heavy atom. The van der Waals surface area contributed by atoms with E-state index in [1.54, 1.807) is 30.3 Å². The van der Waals surface area contributed by atoms with E-state index in [0.717, 1.165) is 24.6 Å². The average Bonchev–Trinajstić information content (AvgIpc) is 2.70. The van der Waals surface area contributed by atoms with Gasteiger partial charge in [-0.15, -0.1) is 0 Å². The summed E-state index contributed by atoms with van der Waals surface area (Å²) in [5.41, 5.74) is 0.767. The fourth-order valence-corrected chi connectivity index (χ4v) is 6.29. The SMILES string of the molecule is O=C(COC(=O)c1ccc2nc(Cl)ccc2c1)NC(=O)NC12CC3CC(CC(C3)C1)C2. The van der Waals surface area contributed by atoms with Crippen LogP contribution in [-0.2, 0) is 9.53 Å². The van der Waals surface area contributed by atoms with Gasteiger partial charge in [0.15, 0.2) is 6.61 Å². The Morgan fingerprint density at radius 3 is 2.39 bits per heavy atom. The number of carbonyl (C=O) groups is 3. The standard InChI is InChI=1S/C23H24ClN3O4/c24-19-4-2-16-8-17(1-3-18(16)25-19)21(29)31-12-20(28)26-22(30)27-23-9-13-5-14(10-23)7-15(6-13)11-23/h1-4,8,13-15H,5-7,9-12H2,(H2,26,27,28,30). The lowest BCUT2D eigenvalue weighted by molar-refractivity contribution is -0.123. The Hall–Kier alpha value is -2.67. The first-order valence-electron chi connectivity index (χ1n) is 10.7. The lowest BCUT2D eigenvalue weighted by atomic mass is 9.53. The Labute approximate surface area is 184 Å². The van der Waals surface area contributed by atoms with Crippen LogP contribution < -0.4 is 10.6 Å². The summed E-state index contributed by atoms with van der Waals surface area (Å²) < 4.78 is 5.08. The molecule has 0 atom stereocenters. The van der Waals surface area contributed by atoms with E-state index >= 15 is 0 Å². The molecule has 6 rings (SSSR count). The van der Waals surface area contributed by atoms with E-state index < -0.39 is 24.5 Å². The van der Waals surface area contributed by atoms with E-state index in [1.807, 2.05) is 0 Å². The maximum absolute atomic E-state index is 12.4. The van der Waals surface area contributed by atoms with Gasteiger partial charge in [0, 0.05) is 10.9 Å². The smallest absolute Gasteiger partial charge is 0.338 e. The van der Waals surface area contributed by atoms with Crippen molar-refractivity contribution in [3.05, 3.63) is 41.0 Å². The van der Waals surface area contributed by atoms with Crippen molar-refractivity contribution >= 4 is 40.4 Å². The van der Waals surface area contributed by atoms with Crippen LogP contribution in [0.2, 0.25) is 5.15 Å². The summed E-state index contributed by atoms with van der Waals surface area (Å²) in [6.07, 6.45) is 6.81. The molecule has 0 spiro atoms. The third-order valence-corrected chi connectivity index (χ3v) is 7.11. The van der Waals surface area contributed by atoms with Crippen molar-refractivity contribution in [1.82, 2.24) is 15.6 Å². The fraction of sp³-hybridized carbons (Fsp3) is 0.478. The number of imide groups is 1. The summed E-state index contributed by atoms with van der Waals surface area (Å²) in [4.78, 5) is 41.0. The van der Waals surface area contributed by atoms with Crippen LogP contribution in [0.3, 0.4) is 0 Å². The number of aromatic nitrogens is 1. The topological polar surface area (TPSA) is 97.4 Å². The van der Waals surface area contributed by atoms with Crippen LogP contribution in [0, 0.1) is 17.8 Å². The van der Waals surface area contributed by atoms with Crippen LogP contribution in [0.5, 0.6) is 0 Å². The number of nitrogens with one attached hydrogen (secondary N) is 2. The molecule has 0 saturated heterocycles. The molecule has 2 aromatic rings. The fourth-order valence-electron chi connectivity index (χ4n) is 6.14. The number of esters is 1. The number of halogens is 1. The van der Waals surface area contributed by atoms with Gasteiger partial charge in [-0.2, -0.15) is 0 Å². The van der Waals surface area contributed by atoms with Crippen molar-refractivity contribution in [3.63, 3.8) is 0 Å². The van der Waals surface area contributed by atoms with E-state index in [0.29, 0.717) is 34.0 Å². The van der Waals surface area contributed by atoms with Gasteiger partial charge in [-0.25, -0.2) is 14.6 Å². The minimum Gasteiger partial charge on any atom is -0.452 e. The van der Waals surface area contributed by atoms with Crippen molar-refractivity contribution < 1.29 is 19.1 Å². The highest BCUT2D eigenvalue weighted by atomic mass is 35.5. The summed E-state index contributed by atoms with van der Waals surface area (Å²) in [7, 11) is 0. The maximum atomic E-state index is 12.4. The first-order chi connectivity index (χ1) is 14.9. The van der Waals surface area contributed by atoms with Gasteiger partial charge in [0.1, 0.15) is 5.15 Å². The molecule has 8 heteroatoms. The minimum absolute atomic E-state index is 0.183. The second-order valence-corrected chi connectivity index (χ2v) is 9.71. The first-order valence-corrected chi connectivity index (χ1v) is 11.1. The Bertz CT molecular complexity index is 1030. The zero-order chi connectivity index (χ0) is 21.6. The largest absolute Gasteiger partial charge is 0.452 e. The van der Waals surface area contributed by atoms with Crippen LogP contribution in [-0.4, -0.2) is 35.0 Å². The van der Waals surface area contributed by atoms with E-state index in [4.69, 9.17) is 16.3 Å². The second kappa shape index (κ2) is 7.79. The highest BCUT2D eigenvalue weighted by Gasteiger charge is 2.51. The van der Waals surface area contributed by atoms with Gasteiger partial charge in [-0.3, -0.25) is 10.1 Å². The van der Waals surface area contributed by atoms with Gasteiger partial charge in [-0.1, -0.05) is 11.6 Å². The molecule has 0 aliphatic heterocycles. The molecule has 0 unspecified atom stereocenters.